The van der Waals surface area contributed by atoms with Crippen LogP contribution >= 0.6 is 11.3 Å². The molecular weight excluding hydrogens is 324 g/mol. The predicted octanol–water partition coefficient (Wildman–Crippen LogP) is 2.71. The first-order valence-electron chi connectivity index (χ1n) is 8.16. The first-order valence-corrected chi connectivity index (χ1v) is 8.98. The number of thiophene rings is 1. The topological polar surface area (TPSA) is 75.0 Å². The summed E-state index contributed by atoms with van der Waals surface area (Å²) in [6.45, 7) is 5.16. The second-order valence-electron chi connectivity index (χ2n) is 6.53. The highest BCUT2D eigenvalue weighted by Gasteiger charge is 2.21. The van der Waals surface area contributed by atoms with E-state index in [1.54, 1.807) is 11.3 Å². The molecule has 0 aliphatic heterocycles. The third kappa shape index (κ3) is 2.57. The van der Waals surface area contributed by atoms with Crippen LogP contribution in [0.2, 0.25) is 0 Å². The summed E-state index contributed by atoms with van der Waals surface area (Å²) in [5.41, 5.74) is 3.22. The van der Waals surface area contributed by atoms with Gasteiger partial charge < -0.3 is 9.51 Å². The number of rotatable bonds is 4. The molecule has 4 rings (SSSR count). The molecule has 7 heteroatoms. The summed E-state index contributed by atoms with van der Waals surface area (Å²) in [6, 6.07) is 0. The molecule has 0 saturated heterocycles. The maximum Gasteiger partial charge on any atom is 0.259 e. The smallest absolute Gasteiger partial charge is 0.259 e. The molecule has 1 aliphatic carbocycles. The maximum atomic E-state index is 12.5. The lowest BCUT2D eigenvalue weighted by Crippen LogP contribution is -2.22. The molecule has 3 aromatic rings. The molecule has 0 aromatic carbocycles. The lowest BCUT2D eigenvalue weighted by Gasteiger charge is -2.15. The van der Waals surface area contributed by atoms with Crippen molar-refractivity contribution in [3.63, 3.8) is 0 Å². The van der Waals surface area contributed by atoms with Gasteiger partial charge in [0, 0.05) is 17.0 Å². The summed E-state index contributed by atoms with van der Waals surface area (Å²) in [6.07, 6.45) is 3.24. The number of aromatic nitrogens is 3. The van der Waals surface area contributed by atoms with Gasteiger partial charge in [-0.2, -0.15) is 0 Å². The van der Waals surface area contributed by atoms with Crippen LogP contribution in [0.15, 0.2) is 9.32 Å². The van der Waals surface area contributed by atoms with Crippen molar-refractivity contribution in [2.45, 2.75) is 46.2 Å². The van der Waals surface area contributed by atoms with Gasteiger partial charge in [0.1, 0.15) is 16.4 Å². The molecule has 0 radical (unpaired) electrons. The van der Waals surface area contributed by atoms with Crippen molar-refractivity contribution >= 4 is 21.6 Å². The standard InChI is InChI=1S/C17H20N4O2S/c1-9-12(10(2)23-20-9)7-21(3)8-14-18-16(22)15-11-5-4-6-13(11)24-17(15)19-14/h4-8H2,1-3H3,(H,18,19,22). The van der Waals surface area contributed by atoms with E-state index in [9.17, 15) is 4.79 Å². The highest BCUT2D eigenvalue weighted by Crippen LogP contribution is 2.34. The van der Waals surface area contributed by atoms with Gasteiger partial charge in [-0.15, -0.1) is 11.3 Å². The summed E-state index contributed by atoms with van der Waals surface area (Å²) < 4.78 is 5.21. The molecule has 0 unspecified atom stereocenters. The number of hydrogen-bond donors (Lipinski definition) is 1. The van der Waals surface area contributed by atoms with Gasteiger partial charge in [0.15, 0.2) is 0 Å². The normalized spacial score (nSPS) is 14.0. The van der Waals surface area contributed by atoms with E-state index in [-0.39, 0.29) is 5.56 Å². The molecule has 0 spiro atoms. The summed E-state index contributed by atoms with van der Waals surface area (Å²) in [5.74, 6) is 1.55. The van der Waals surface area contributed by atoms with Gasteiger partial charge in [-0.3, -0.25) is 9.69 Å². The molecule has 3 heterocycles. The Balaban J connectivity index is 1.60. The summed E-state index contributed by atoms with van der Waals surface area (Å²) >= 11 is 1.68. The first-order chi connectivity index (χ1) is 11.5. The van der Waals surface area contributed by atoms with Crippen LogP contribution in [0.1, 0.15) is 39.7 Å². The molecule has 6 nitrogen and oxygen atoms in total. The molecule has 24 heavy (non-hydrogen) atoms. The zero-order valence-electron chi connectivity index (χ0n) is 14.1. The third-order valence-corrected chi connectivity index (χ3v) is 5.84. The Kier molecular flexibility index (Phi) is 3.77. The molecule has 3 aromatic heterocycles. The van der Waals surface area contributed by atoms with Gasteiger partial charge in [0.25, 0.3) is 5.56 Å². The highest BCUT2D eigenvalue weighted by atomic mass is 32.1. The predicted molar refractivity (Wildman–Crippen MR) is 93.4 cm³/mol. The maximum absolute atomic E-state index is 12.5. The minimum absolute atomic E-state index is 0.000129. The number of aryl methyl sites for hydroxylation is 4. The van der Waals surface area contributed by atoms with Crippen LogP contribution in [0.4, 0.5) is 0 Å². The van der Waals surface area contributed by atoms with E-state index in [1.165, 1.54) is 10.4 Å². The molecule has 0 bridgehead atoms. The summed E-state index contributed by atoms with van der Waals surface area (Å²) in [5, 5.41) is 4.80. The molecular formula is C17H20N4O2S. The third-order valence-electron chi connectivity index (χ3n) is 4.65. The number of fused-ring (bicyclic) bond motifs is 3. The second-order valence-corrected chi connectivity index (χ2v) is 7.61. The number of nitrogens with zero attached hydrogens (tertiary/aromatic N) is 3. The van der Waals surface area contributed by atoms with E-state index < -0.39 is 0 Å². The molecule has 0 atom stereocenters. The zero-order chi connectivity index (χ0) is 16.8. The lowest BCUT2D eigenvalue weighted by atomic mass is 10.2. The fourth-order valence-electron chi connectivity index (χ4n) is 3.43. The van der Waals surface area contributed by atoms with Crippen LogP contribution in [0.5, 0.6) is 0 Å². The lowest BCUT2D eigenvalue weighted by molar-refractivity contribution is 0.307. The SMILES string of the molecule is Cc1noc(C)c1CN(C)Cc1nc2sc3c(c2c(=O)[nH]1)CCC3. The van der Waals surface area contributed by atoms with Crippen molar-refractivity contribution < 1.29 is 4.52 Å². The van der Waals surface area contributed by atoms with Crippen molar-refractivity contribution in [1.29, 1.82) is 0 Å². The van der Waals surface area contributed by atoms with Gasteiger partial charge in [-0.25, -0.2) is 4.98 Å². The fourth-order valence-corrected chi connectivity index (χ4v) is 4.71. The van der Waals surface area contributed by atoms with E-state index in [1.807, 2.05) is 20.9 Å². The number of aromatic amines is 1. The highest BCUT2D eigenvalue weighted by molar-refractivity contribution is 7.18. The average molecular weight is 344 g/mol. The van der Waals surface area contributed by atoms with Gasteiger partial charge >= 0.3 is 0 Å². The summed E-state index contributed by atoms with van der Waals surface area (Å²) in [7, 11) is 2.00. The Morgan fingerprint density at radius 2 is 2.12 bits per heavy atom. The Labute approximate surface area is 143 Å². The molecule has 0 saturated carbocycles. The van der Waals surface area contributed by atoms with Gasteiger partial charge in [0.05, 0.1) is 17.6 Å². The largest absolute Gasteiger partial charge is 0.361 e. The van der Waals surface area contributed by atoms with E-state index in [4.69, 9.17) is 9.51 Å². The molecule has 0 amide bonds. The van der Waals surface area contributed by atoms with Crippen LogP contribution < -0.4 is 5.56 Å². The van der Waals surface area contributed by atoms with Gasteiger partial charge in [-0.1, -0.05) is 5.16 Å². The monoisotopic (exact) mass is 344 g/mol. The second kappa shape index (κ2) is 5.82. The van der Waals surface area contributed by atoms with Crippen molar-refractivity contribution in [1.82, 2.24) is 20.0 Å². The minimum Gasteiger partial charge on any atom is -0.361 e. The van der Waals surface area contributed by atoms with Crippen LogP contribution in [0, 0.1) is 13.8 Å². The molecule has 1 aliphatic rings. The Morgan fingerprint density at radius 3 is 2.88 bits per heavy atom. The van der Waals surface area contributed by atoms with E-state index in [0.29, 0.717) is 18.9 Å². The zero-order valence-corrected chi connectivity index (χ0v) is 14.9. The number of H-pyrrole nitrogens is 1. The molecule has 126 valence electrons. The van der Waals surface area contributed by atoms with Crippen molar-refractivity contribution in [2.24, 2.45) is 0 Å². The van der Waals surface area contributed by atoms with Gasteiger partial charge in [0.2, 0.25) is 0 Å². The molecule has 1 N–H and O–H groups in total. The van der Waals surface area contributed by atoms with Crippen molar-refractivity contribution in [2.75, 3.05) is 7.05 Å². The van der Waals surface area contributed by atoms with E-state index in [0.717, 1.165) is 46.5 Å². The van der Waals surface area contributed by atoms with Gasteiger partial charge in [-0.05, 0) is 45.7 Å². The van der Waals surface area contributed by atoms with Crippen LogP contribution in [0.25, 0.3) is 10.2 Å². The van der Waals surface area contributed by atoms with Crippen LogP contribution in [-0.2, 0) is 25.9 Å². The number of hydrogen-bond acceptors (Lipinski definition) is 6. The van der Waals surface area contributed by atoms with E-state index >= 15 is 0 Å². The fraction of sp³-hybridized carbons (Fsp3) is 0.471. The first kappa shape index (κ1) is 15.5. The van der Waals surface area contributed by atoms with E-state index in [2.05, 4.69) is 15.0 Å². The Hall–Kier alpha value is -1.99. The molecule has 0 fully saturated rings. The average Bonchev–Trinajstić information content (AvgIpc) is 3.17. The van der Waals surface area contributed by atoms with Crippen molar-refractivity contribution in [3.05, 3.63) is 43.6 Å². The van der Waals surface area contributed by atoms with Crippen LogP contribution in [0.3, 0.4) is 0 Å². The van der Waals surface area contributed by atoms with Crippen LogP contribution in [-0.4, -0.2) is 27.1 Å². The Bertz CT molecular complexity index is 950. The Morgan fingerprint density at radius 1 is 1.29 bits per heavy atom. The quantitative estimate of drug-likeness (QED) is 0.787. The minimum atomic E-state index is 0.000129. The number of nitrogens with one attached hydrogen (secondary N) is 1. The summed E-state index contributed by atoms with van der Waals surface area (Å²) in [4.78, 5) is 24.5. The van der Waals surface area contributed by atoms with Crippen molar-refractivity contribution in [3.8, 4) is 0 Å².